The number of hydrogen-bond donors (Lipinski definition) is 1. The third-order valence-electron chi connectivity index (χ3n) is 3.85. The Morgan fingerprint density at radius 1 is 1.33 bits per heavy atom. The highest BCUT2D eigenvalue weighted by Gasteiger charge is 2.12. The summed E-state index contributed by atoms with van der Waals surface area (Å²) in [4.78, 5) is 12.0. The van der Waals surface area contributed by atoms with Gasteiger partial charge in [0.2, 0.25) is 0 Å². The van der Waals surface area contributed by atoms with Gasteiger partial charge in [-0.05, 0) is 32.0 Å². The van der Waals surface area contributed by atoms with Crippen LogP contribution in [0.15, 0.2) is 45.9 Å². The van der Waals surface area contributed by atoms with E-state index >= 15 is 0 Å². The van der Waals surface area contributed by atoms with Crippen molar-refractivity contribution in [3.63, 3.8) is 0 Å². The molecule has 0 saturated carbocycles. The number of nitrogens with zero attached hydrogens (tertiary/aromatic N) is 2. The zero-order chi connectivity index (χ0) is 17.1. The molecular formula is C19H17N3O2. The van der Waals surface area contributed by atoms with Gasteiger partial charge in [-0.3, -0.25) is 4.79 Å². The van der Waals surface area contributed by atoms with E-state index in [0.717, 1.165) is 22.2 Å². The van der Waals surface area contributed by atoms with Gasteiger partial charge < -0.3 is 8.98 Å². The second kappa shape index (κ2) is 6.47. The smallest absolute Gasteiger partial charge is 0.307 e. The first-order chi connectivity index (χ1) is 11.6. The Labute approximate surface area is 140 Å². The third kappa shape index (κ3) is 2.82. The van der Waals surface area contributed by atoms with Crippen LogP contribution in [-0.4, -0.2) is 16.7 Å². The Balaban J connectivity index is 1.88. The monoisotopic (exact) mass is 319 g/mol. The van der Waals surface area contributed by atoms with E-state index in [0.29, 0.717) is 12.3 Å². The molecule has 0 atom stereocenters. The quantitative estimate of drug-likeness (QED) is 0.456. The lowest BCUT2D eigenvalue weighted by Crippen LogP contribution is -2.16. The van der Waals surface area contributed by atoms with Crippen LogP contribution in [0.25, 0.3) is 10.9 Å². The molecule has 3 aromatic rings. The number of benzene rings is 1. The Morgan fingerprint density at radius 2 is 2.12 bits per heavy atom. The Morgan fingerprint density at radius 3 is 2.83 bits per heavy atom. The normalized spacial score (nSPS) is 11.0. The molecule has 1 amide bonds. The molecule has 1 aromatic carbocycles. The van der Waals surface area contributed by atoms with Crippen molar-refractivity contribution in [1.29, 1.82) is 0 Å². The van der Waals surface area contributed by atoms with Gasteiger partial charge in [0.15, 0.2) is 5.76 Å². The molecule has 0 saturated heterocycles. The van der Waals surface area contributed by atoms with Crippen molar-refractivity contribution in [1.82, 2.24) is 9.99 Å². The number of carbonyl (C=O) groups excluding carboxylic acids is 1. The molecule has 24 heavy (non-hydrogen) atoms. The number of furan rings is 1. The number of amides is 1. The topological polar surface area (TPSA) is 59.5 Å². The van der Waals surface area contributed by atoms with E-state index < -0.39 is 0 Å². The Hall–Kier alpha value is -3.26. The highest BCUT2D eigenvalue weighted by Crippen LogP contribution is 2.24. The van der Waals surface area contributed by atoms with E-state index in [2.05, 4.69) is 16.4 Å². The summed E-state index contributed by atoms with van der Waals surface area (Å²) in [5.41, 5.74) is 5.45. The molecule has 0 aliphatic carbocycles. The largest absolute Gasteiger partial charge is 0.456 e. The van der Waals surface area contributed by atoms with Crippen LogP contribution in [0.1, 0.15) is 27.6 Å². The minimum absolute atomic E-state index is 0.233. The van der Waals surface area contributed by atoms with Crippen LogP contribution < -0.4 is 5.43 Å². The van der Waals surface area contributed by atoms with Gasteiger partial charge in [-0.1, -0.05) is 24.1 Å². The van der Waals surface area contributed by atoms with Gasteiger partial charge in [0.05, 0.1) is 12.8 Å². The second-order valence-electron chi connectivity index (χ2n) is 5.42. The van der Waals surface area contributed by atoms with Crippen molar-refractivity contribution in [2.75, 3.05) is 0 Å². The van der Waals surface area contributed by atoms with Crippen LogP contribution in [0.5, 0.6) is 0 Å². The predicted octanol–water partition coefficient (Wildman–Crippen LogP) is 3.25. The van der Waals surface area contributed by atoms with Gasteiger partial charge in [-0.15, -0.1) is 6.42 Å². The van der Waals surface area contributed by atoms with E-state index in [4.69, 9.17) is 10.8 Å². The third-order valence-corrected chi connectivity index (χ3v) is 3.85. The summed E-state index contributed by atoms with van der Waals surface area (Å²) in [7, 11) is 0. The number of carbonyl (C=O) groups is 1. The van der Waals surface area contributed by atoms with Crippen LogP contribution in [-0.2, 0) is 6.54 Å². The van der Waals surface area contributed by atoms with Crippen molar-refractivity contribution >= 4 is 23.0 Å². The number of para-hydroxylation sites is 1. The van der Waals surface area contributed by atoms with Gasteiger partial charge >= 0.3 is 5.91 Å². The minimum atomic E-state index is -0.385. The summed E-state index contributed by atoms with van der Waals surface area (Å²) >= 11 is 0. The van der Waals surface area contributed by atoms with Gasteiger partial charge in [0, 0.05) is 22.2 Å². The standard InChI is InChI=1S/C19H17N3O2/c1-4-11-22-14(3)16(15-7-5-6-8-17(15)22)12-20-21-19(23)18-10-9-13(2)24-18/h1,5-10,12H,11H2,2-3H3,(H,21,23)/b20-12-. The van der Waals surface area contributed by atoms with E-state index in [1.807, 2.05) is 35.8 Å². The average molecular weight is 319 g/mol. The molecule has 3 rings (SSSR count). The Bertz CT molecular complexity index is 970. The summed E-state index contributed by atoms with van der Waals surface area (Å²) in [5, 5.41) is 5.10. The Kier molecular flexibility index (Phi) is 4.21. The molecule has 2 aromatic heterocycles. The summed E-state index contributed by atoms with van der Waals surface area (Å²) in [6.07, 6.45) is 7.10. The van der Waals surface area contributed by atoms with Gasteiger partial charge in [0.25, 0.3) is 0 Å². The zero-order valence-electron chi connectivity index (χ0n) is 13.5. The number of aryl methyl sites for hydroxylation is 1. The minimum Gasteiger partial charge on any atom is -0.456 e. The molecule has 0 aliphatic rings. The summed E-state index contributed by atoms with van der Waals surface area (Å²) in [6, 6.07) is 11.3. The molecule has 5 heteroatoms. The van der Waals surface area contributed by atoms with Crippen LogP contribution in [0.2, 0.25) is 0 Å². The SMILES string of the molecule is C#CCn1c(C)c(/C=N\NC(=O)c2ccc(C)o2)c2ccccc21. The molecule has 5 nitrogen and oxygen atoms in total. The van der Waals surface area contributed by atoms with Crippen molar-refractivity contribution in [3.05, 3.63) is 59.2 Å². The molecule has 120 valence electrons. The number of terminal acetylenes is 1. The summed E-state index contributed by atoms with van der Waals surface area (Å²) in [5.74, 6) is 3.19. The highest BCUT2D eigenvalue weighted by molar-refractivity contribution is 6.01. The van der Waals surface area contributed by atoms with Crippen LogP contribution >= 0.6 is 0 Å². The van der Waals surface area contributed by atoms with Crippen LogP contribution in [0.4, 0.5) is 0 Å². The molecule has 1 N–H and O–H groups in total. The highest BCUT2D eigenvalue weighted by atomic mass is 16.3. The second-order valence-corrected chi connectivity index (χ2v) is 5.42. The van der Waals surface area contributed by atoms with E-state index in [9.17, 15) is 4.79 Å². The van der Waals surface area contributed by atoms with E-state index in [1.54, 1.807) is 25.3 Å². The maximum absolute atomic E-state index is 12.0. The molecule has 0 bridgehead atoms. The lowest BCUT2D eigenvalue weighted by Gasteiger charge is -2.02. The molecule has 0 fully saturated rings. The van der Waals surface area contributed by atoms with Crippen molar-refractivity contribution in [2.45, 2.75) is 20.4 Å². The van der Waals surface area contributed by atoms with Crippen molar-refractivity contribution < 1.29 is 9.21 Å². The number of rotatable bonds is 4. The molecular weight excluding hydrogens is 302 g/mol. The summed E-state index contributed by atoms with van der Waals surface area (Å²) in [6.45, 7) is 4.25. The first-order valence-corrected chi connectivity index (χ1v) is 7.53. The first kappa shape index (κ1) is 15.6. The molecule has 0 radical (unpaired) electrons. The first-order valence-electron chi connectivity index (χ1n) is 7.53. The number of fused-ring (bicyclic) bond motifs is 1. The number of aromatic nitrogens is 1. The van der Waals surface area contributed by atoms with Crippen LogP contribution in [0.3, 0.4) is 0 Å². The lowest BCUT2D eigenvalue weighted by atomic mass is 10.1. The van der Waals surface area contributed by atoms with Gasteiger partial charge in [-0.25, -0.2) is 5.43 Å². The van der Waals surface area contributed by atoms with Crippen molar-refractivity contribution in [3.8, 4) is 12.3 Å². The fraction of sp³-hybridized carbons (Fsp3) is 0.158. The molecule has 2 heterocycles. The fourth-order valence-electron chi connectivity index (χ4n) is 2.68. The maximum Gasteiger partial charge on any atom is 0.307 e. The lowest BCUT2D eigenvalue weighted by molar-refractivity contribution is 0.0926. The molecule has 0 unspecified atom stereocenters. The van der Waals surface area contributed by atoms with E-state index in [1.165, 1.54) is 0 Å². The molecule has 0 aliphatic heterocycles. The molecule has 0 spiro atoms. The zero-order valence-corrected chi connectivity index (χ0v) is 13.5. The number of hydrazone groups is 1. The summed E-state index contributed by atoms with van der Waals surface area (Å²) < 4.78 is 7.32. The van der Waals surface area contributed by atoms with Crippen LogP contribution in [0, 0.1) is 26.2 Å². The van der Waals surface area contributed by atoms with Gasteiger partial charge in [0.1, 0.15) is 5.76 Å². The average Bonchev–Trinajstić information content (AvgIpc) is 3.12. The fourth-order valence-corrected chi connectivity index (χ4v) is 2.68. The maximum atomic E-state index is 12.0. The number of hydrogen-bond acceptors (Lipinski definition) is 3. The van der Waals surface area contributed by atoms with E-state index in [-0.39, 0.29) is 11.7 Å². The van der Waals surface area contributed by atoms with Gasteiger partial charge in [-0.2, -0.15) is 5.10 Å². The number of nitrogens with one attached hydrogen (secondary N) is 1. The predicted molar refractivity (Wildman–Crippen MR) is 94.0 cm³/mol. The van der Waals surface area contributed by atoms with Crippen molar-refractivity contribution in [2.24, 2.45) is 5.10 Å².